The maximum absolute atomic E-state index is 11.5. The molecule has 4 heterocycles. The zero-order valence-electron chi connectivity index (χ0n) is 17.5. The molecule has 0 spiro atoms. The lowest BCUT2D eigenvalue weighted by Crippen LogP contribution is -2.21. The molecule has 33 heavy (non-hydrogen) atoms. The Morgan fingerprint density at radius 3 is 1.97 bits per heavy atom. The third-order valence-corrected chi connectivity index (χ3v) is 4.36. The van der Waals surface area contributed by atoms with Crippen LogP contribution in [-0.4, -0.2) is 47.2 Å². The van der Waals surface area contributed by atoms with Gasteiger partial charge in [-0.2, -0.15) is 0 Å². The van der Waals surface area contributed by atoms with Crippen LogP contribution in [0.5, 0.6) is 11.8 Å². The number of carbonyl (C=O) groups is 4. The van der Waals surface area contributed by atoms with Crippen LogP contribution >= 0.6 is 11.6 Å². The molecule has 2 aromatic rings. The number of hydrogen-bond donors (Lipinski definition) is 2. The van der Waals surface area contributed by atoms with Crippen LogP contribution in [0.4, 0.5) is 9.59 Å². The molecule has 2 atom stereocenters. The van der Waals surface area contributed by atoms with E-state index in [1.165, 1.54) is 12.3 Å². The molecule has 0 saturated carbocycles. The normalized spacial score (nSPS) is 19.0. The summed E-state index contributed by atoms with van der Waals surface area (Å²) >= 11 is 5.79. The lowest BCUT2D eigenvalue weighted by atomic mass is 10.1. The smallest absolute Gasteiger partial charge is 0.415 e. The lowest BCUT2D eigenvalue weighted by Gasteiger charge is -2.11. The number of halogens is 1. The number of rotatable bonds is 6. The van der Waals surface area contributed by atoms with Crippen molar-refractivity contribution in [2.24, 2.45) is 0 Å². The summed E-state index contributed by atoms with van der Waals surface area (Å²) in [7, 11) is 0. The number of hydrogen-bond acceptors (Lipinski definition) is 10. The predicted molar refractivity (Wildman–Crippen MR) is 111 cm³/mol. The molecule has 4 amide bonds. The summed E-state index contributed by atoms with van der Waals surface area (Å²) < 4.78 is 20.1. The second-order valence-electron chi connectivity index (χ2n) is 6.36. The number of ether oxygens (including phenoxy) is 4. The highest BCUT2D eigenvalue weighted by molar-refractivity contribution is 6.30. The Morgan fingerprint density at radius 2 is 1.45 bits per heavy atom. The number of alkyl carbamates (subject to hydrolysis) is 2. The van der Waals surface area contributed by atoms with Gasteiger partial charge in [-0.25, -0.2) is 19.6 Å². The van der Waals surface area contributed by atoms with Crippen molar-refractivity contribution >= 4 is 35.6 Å². The van der Waals surface area contributed by atoms with Crippen molar-refractivity contribution in [2.75, 3.05) is 13.2 Å². The van der Waals surface area contributed by atoms with E-state index in [1.54, 1.807) is 32.2 Å². The molecule has 0 radical (unpaired) electrons. The number of aromatic nitrogens is 2. The van der Waals surface area contributed by atoms with Crippen molar-refractivity contribution in [1.82, 2.24) is 20.6 Å². The Morgan fingerprint density at radius 1 is 0.909 bits per heavy atom. The largest absolute Gasteiger partial charge is 0.478 e. The van der Waals surface area contributed by atoms with Crippen LogP contribution in [0.15, 0.2) is 30.6 Å². The highest BCUT2D eigenvalue weighted by atomic mass is 35.5. The Bertz CT molecular complexity index is 1080. The molecular formula is C20H19ClN4O8. The zero-order valence-corrected chi connectivity index (χ0v) is 18.2. The van der Waals surface area contributed by atoms with Crippen LogP contribution in [0.2, 0.25) is 5.02 Å². The quantitative estimate of drug-likeness (QED) is 0.631. The minimum atomic E-state index is -1.06. The second-order valence-corrected chi connectivity index (χ2v) is 6.80. The minimum absolute atomic E-state index is 0.228. The summed E-state index contributed by atoms with van der Waals surface area (Å²) in [6, 6.07) is 4.78. The van der Waals surface area contributed by atoms with E-state index in [2.05, 4.69) is 15.3 Å². The van der Waals surface area contributed by atoms with Crippen LogP contribution < -0.4 is 20.1 Å². The fourth-order valence-electron chi connectivity index (χ4n) is 2.87. The first-order valence-electron chi connectivity index (χ1n) is 9.72. The molecule has 174 valence electrons. The van der Waals surface area contributed by atoms with Crippen molar-refractivity contribution in [1.29, 1.82) is 0 Å². The monoisotopic (exact) mass is 478 g/mol. The fraction of sp³-hybridized carbons (Fsp3) is 0.300. The standard InChI is InChI=1S/C10H9ClN2O4.C10H10N2O4/c1-2-16-9-6(3-5(11)4-12-9)7-8(14)13-10(15)17-7;1-2-15-9-6(4-3-5-11-9)7-8(13)12-10(14)16-7/h3-4,7H,2H2,1H3,(H,13,14,15);3-5,7H,2H2,1H3,(H,12,13,14). The molecule has 2 aliphatic heterocycles. The SMILES string of the molecule is CCOc1ncc(Cl)cc1C1OC(=O)NC1=O.CCOc1ncccc1C1OC(=O)NC1=O. The first-order chi connectivity index (χ1) is 15.8. The first-order valence-corrected chi connectivity index (χ1v) is 10.1. The summed E-state index contributed by atoms with van der Waals surface area (Å²) in [5, 5.41) is 4.41. The Hall–Kier alpha value is -3.93. The second kappa shape index (κ2) is 10.6. The van der Waals surface area contributed by atoms with Gasteiger partial charge in [0.2, 0.25) is 24.0 Å². The summed E-state index contributed by atoms with van der Waals surface area (Å²) in [5.41, 5.74) is 0.787. The topological polar surface area (TPSA) is 155 Å². The Balaban J connectivity index is 0.000000186. The highest BCUT2D eigenvalue weighted by Crippen LogP contribution is 2.31. The number of nitrogens with zero attached hydrogens (tertiary/aromatic N) is 2. The van der Waals surface area contributed by atoms with E-state index in [0.29, 0.717) is 35.2 Å². The molecule has 4 rings (SSSR count). The van der Waals surface area contributed by atoms with Crippen LogP contribution in [0.3, 0.4) is 0 Å². The van der Waals surface area contributed by atoms with Gasteiger partial charge in [0.15, 0.2) is 0 Å². The van der Waals surface area contributed by atoms with E-state index >= 15 is 0 Å². The van der Waals surface area contributed by atoms with E-state index in [9.17, 15) is 19.2 Å². The molecule has 13 heteroatoms. The summed E-state index contributed by atoms with van der Waals surface area (Å²) in [6.45, 7) is 4.39. The molecule has 0 aromatic carbocycles. The van der Waals surface area contributed by atoms with Crippen molar-refractivity contribution < 1.29 is 38.1 Å². The number of imide groups is 2. The third kappa shape index (κ3) is 5.66. The number of amides is 4. The molecule has 0 aliphatic carbocycles. The molecule has 2 aliphatic rings. The van der Waals surface area contributed by atoms with Gasteiger partial charge in [-0.1, -0.05) is 11.6 Å². The van der Waals surface area contributed by atoms with Gasteiger partial charge >= 0.3 is 12.2 Å². The number of carbonyl (C=O) groups excluding carboxylic acids is 4. The van der Waals surface area contributed by atoms with Crippen LogP contribution in [0.1, 0.15) is 37.2 Å². The maximum Gasteiger partial charge on any atom is 0.415 e. The van der Waals surface area contributed by atoms with E-state index in [0.717, 1.165) is 0 Å². The third-order valence-electron chi connectivity index (χ3n) is 4.15. The van der Waals surface area contributed by atoms with Crippen molar-refractivity contribution in [2.45, 2.75) is 26.1 Å². The van der Waals surface area contributed by atoms with Gasteiger partial charge in [0.25, 0.3) is 11.8 Å². The number of pyridine rings is 2. The molecule has 0 bridgehead atoms. The molecule has 2 unspecified atom stereocenters. The van der Waals surface area contributed by atoms with E-state index in [-0.39, 0.29) is 5.88 Å². The van der Waals surface area contributed by atoms with Gasteiger partial charge < -0.3 is 18.9 Å². The molecule has 12 nitrogen and oxygen atoms in total. The minimum Gasteiger partial charge on any atom is -0.478 e. The Labute approximate surface area is 192 Å². The van der Waals surface area contributed by atoms with Gasteiger partial charge in [-0.3, -0.25) is 20.2 Å². The van der Waals surface area contributed by atoms with Crippen LogP contribution in [0, 0.1) is 0 Å². The van der Waals surface area contributed by atoms with Crippen molar-refractivity contribution in [3.05, 3.63) is 46.7 Å². The maximum atomic E-state index is 11.5. The molecule has 2 fully saturated rings. The fourth-order valence-corrected chi connectivity index (χ4v) is 3.04. The van der Waals surface area contributed by atoms with Crippen LogP contribution in [-0.2, 0) is 19.1 Å². The zero-order chi connectivity index (χ0) is 24.0. The van der Waals surface area contributed by atoms with E-state index < -0.39 is 36.2 Å². The van der Waals surface area contributed by atoms with E-state index in [1.807, 2.05) is 5.32 Å². The molecule has 2 aromatic heterocycles. The van der Waals surface area contributed by atoms with Gasteiger partial charge in [-0.05, 0) is 32.0 Å². The van der Waals surface area contributed by atoms with Crippen molar-refractivity contribution in [3.8, 4) is 11.8 Å². The van der Waals surface area contributed by atoms with E-state index in [4.69, 9.17) is 30.5 Å². The Kier molecular flexibility index (Phi) is 7.61. The molecule has 2 N–H and O–H groups in total. The average Bonchev–Trinajstić information content (AvgIpc) is 3.30. The molecular weight excluding hydrogens is 460 g/mol. The summed E-state index contributed by atoms with van der Waals surface area (Å²) in [5.74, 6) is -0.523. The lowest BCUT2D eigenvalue weighted by molar-refractivity contribution is -0.124. The van der Waals surface area contributed by atoms with Gasteiger partial charge in [-0.15, -0.1) is 0 Å². The van der Waals surface area contributed by atoms with Gasteiger partial charge in [0.05, 0.1) is 29.4 Å². The first kappa shape index (κ1) is 23.7. The average molecular weight is 479 g/mol. The predicted octanol–water partition coefficient (Wildman–Crippen LogP) is 2.23. The summed E-state index contributed by atoms with van der Waals surface area (Å²) in [4.78, 5) is 52.6. The molecule has 2 saturated heterocycles. The van der Waals surface area contributed by atoms with Gasteiger partial charge in [0.1, 0.15) is 0 Å². The number of nitrogens with one attached hydrogen (secondary N) is 2. The van der Waals surface area contributed by atoms with Crippen LogP contribution in [0.25, 0.3) is 0 Å². The summed E-state index contributed by atoms with van der Waals surface area (Å²) in [6.07, 6.45) is -0.629. The number of cyclic esters (lactones) is 2. The van der Waals surface area contributed by atoms with Gasteiger partial charge in [0, 0.05) is 12.4 Å². The van der Waals surface area contributed by atoms with Crippen molar-refractivity contribution in [3.63, 3.8) is 0 Å². The highest BCUT2D eigenvalue weighted by Gasteiger charge is 2.37.